The number of nitrogens with one attached hydrogen (secondary N) is 2. The summed E-state index contributed by atoms with van der Waals surface area (Å²) in [7, 11) is 0. The van der Waals surface area contributed by atoms with E-state index in [9.17, 15) is 9.59 Å². The van der Waals surface area contributed by atoms with E-state index in [1.165, 1.54) is 0 Å². The summed E-state index contributed by atoms with van der Waals surface area (Å²) >= 11 is 0. The fraction of sp³-hybridized carbons (Fsp3) is 0.353. The molecule has 2 aromatic rings. The van der Waals surface area contributed by atoms with Gasteiger partial charge in [0.25, 0.3) is 5.91 Å². The molecule has 0 saturated carbocycles. The summed E-state index contributed by atoms with van der Waals surface area (Å²) in [6.45, 7) is 4.48. The molecule has 0 unspecified atom stereocenters. The Labute approximate surface area is 140 Å². The number of rotatable bonds is 8. The zero-order chi connectivity index (χ0) is 17.5. The van der Waals surface area contributed by atoms with Gasteiger partial charge in [-0.05, 0) is 44.0 Å². The number of amides is 2. The van der Waals surface area contributed by atoms with Crippen molar-refractivity contribution in [3.8, 4) is 5.75 Å². The predicted octanol–water partition coefficient (Wildman–Crippen LogP) is 1.19. The Balaban J connectivity index is 1.94. The molecule has 0 saturated heterocycles. The van der Waals surface area contributed by atoms with Crippen LogP contribution in [0, 0.1) is 12.8 Å². The molecule has 128 valence electrons. The molecule has 24 heavy (non-hydrogen) atoms. The lowest BCUT2D eigenvalue weighted by Gasteiger charge is -2.14. The molecule has 1 aromatic carbocycles. The van der Waals surface area contributed by atoms with E-state index in [0.29, 0.717) is 13.0 Å². The minimum atomic E-state index is -0.494. The molecule has 7 heteroatoms. The van der Waals surface area contributed by atoms with Crippen LogP contribution in [-0.2, 0) is 11.2 Å². The SMILES string of the molecule is CCOc1ccc(C[C@H](CNC(=O)c2cc(C)[nH]n2)C(N)=O)cc1. The Morgan fingerprint density at radius 2 is 2.04 bits per heavy atom. The summed E-state index contributed by atoms with van der Waals surface area (Å²) in [6.07, 6.45) is 0.446. The summed E-state index contributed by atoms with van der Waals surface area (Å²) in [6, 6.07) is 9.12. The normalized spacial score (nSPS) is 11.8. The van der Waals surface area contributed by atoms with E-state index >= 15 is 0 Å². The molecule has 0 aliphatic carbocycles. The van der Waals surface area contributed by atoms with Gasteiger partial charge in [0.1, 0.15) is 11.4 Å². The number of nitrogens with two attached hydrogens (primary N) is 1. The summed E-state index contributed by atoms with van der Waals surface area (Å²) in [4.78, 5) is 23.6. The van der Waals surface area contributed by atoms with Gasteiger partial charge in [-0.2, -0.15) is 5.10 Å². The van der Waals surface area contributed by atoms with E-state index < -0.39 is 11.8 Å². The minimum absolute atomic E-state index is 0.160. The van der Waals surface area contributed by atoms with Crippen LogP contribution >= 0.6 is 0 Å². The zero-order valence-corrected chi connectivity index (χ0v) is 13.8. The van der Waals surface area contributed by atoms with Crippen molar-refractivity contribution >= 4 is 11.8 Å². The smallest absolute Gasteiger partial charge is 0.271 e. The number of ether oxygens (including phenoxy) is 1. The topological polar surface area (TPSA) is 110 Å². The van der Waals surface area contributed by atoms with E-state index in [-0.39, 0.29) is 18.1 Å². The highest BCUT2D eigenvalue weighted by Crippen LogP contribution is 2.15. The number of H-pyrrole nitrogens is 1. The molecule has 0 aliphatic rings. The van der Waals surface area contributed by atoms with Crippen LogP contribution in [0.3, 0.4) is 0 Å². The van der Waals surface area contributed by atoms with Gasteiger partial charge in [-0.15, -0.1) is 0 Å². The molecule has 0 bridgehead atoms. The van der Waals surface area contributed by atoms with Gasteiger partial charge < -0.3 is 15.8 Å². The number of hydrogen-bond acceptors (Lipinski definition) is 4. The highest BCUT2D eigenvalue weighted by molar-refractivity contribution is 5.92. The maximum Gasteiger partial charge on any atom is 0.271 e. The van der Waals surface area contributed by atoms with Gasteiger partial charge in [-0.1, -0.05) is 12.1 Å². The van der Waals surface area contributed by atoms with E-state index in [4.69, 9.17) is 10.5 Å². The number of aryl methyl sites for hydroxylation is 1. The lowest BCUT2D eigenvalue weighted by molar-refractivity contribution is -0.121. The molecule has 1 atom stereocenters. The van der Waals surface area contributed by atoms with Crippen LogP contribution in [0.25, 0.3) is 0 Å². The lowest BCUT2D eigenvalue weighted by atomic mass is 9.98. The first kappa shape index (κ1) is 17.5. The van der Waals surface area contributed by atoms with Crippen molar-refractivity contribution in [1.29, 1.82) is 0 Å². The predicted molar refractivity (Wildman–Crippen MR) is 89.7 cm³/mol. The average Bonchev–Trinajstić information content (AvgIpc) is 2.99. The fourth-order valence-electron chi connectivity index (χ4n) is 2.29. The number of benzene rings is 1. The Kier molecular flexibility index (Phi) is 5.95. The largest absolute Gasteiger partial charge is 0.494 e. The van der Waals surface area contributed by atoms with Crippen molar-refractivity contribution in [2.75, 3.05) is 13.2 Å². The van der Waals surface area contributed by atoms with Crippen LogP contribution in [0.15, 0.2) is 30.3 Å². The number of hydrogen-bond donors (Lipinski definition) is 3. The maximum atomic E-state index is 12.0. The third kappa shape index (κ3) is 4.84. The van der Waals surface area contributed by atoms with E-state index in [0.717, 1.165) is 17.0 Å². The average molecular weight is 330 g/mol. The van der Waals surface area contributed by atoms with Gasteiger partial charge in [0.2, 0.25) is 5.91 Å². The Morgan fingerprint density at radius 3 is 2.58 bits per heavy atom. The first-order chi connectivity index (χ1) is 11.5. The monoisotopic (exact) mass is 330 g/mol. The van der Waals surface area contributed by atoms with Gasteiger partial charge in [0.05, 0.1) is 12.5 Å². The lowest BCUT2D eigenvalue weighted by Crippen LogP contribution is -2.37. The van der Waals surface area contributed by atoms with Crippen LogP contribution in [0.4, 0.5) is 0 Å². The second kappa shape index (κ2) is 8.14. The first-order valence-corrected chi connectivity index (χ1v) is 7.81. The maximum absolute atomic E-state index is 12.0. The third-order valence-electron chi connectivity index (χ3n) is 3.57. The molecule has 0 radical (unpaired) electrons. The highest BCUT2D eigenvalue weighted by atomic mass is 16.5. The molecule has 1 heterocycles. The third-order valence-corrected chi connectivity index (χ3v) is 3.57. The number of primary amides is 1. The molecule has 0 fully saturated rings. The molecule has 2 amide bonds. The number of carbonyl (C=O) groups is 2. The summed E-state index contributed by atoms with van der Waals surface area (Å²) in [5.41, 5.74) is 7.49. The number of nitrogens with zero attached hydrogens (tertiary/aromatic N) is 1. The van der Waals surface area contributed by atoms with E-state index in [2.05, 4.69) is 15.5 Å². The van der Waals surface area contributed by atoms with Gasteiger partial charge in [0, 0.05) is 12.2 Å². The zero-order valence-electron chi connectivity index (χ0n) is 13.8. The number of carbonyl (C=O) groups excluding carboxylic acids is 2. The fourth-order valence-corrected chi connectivity index (χ4v) is 2.29. The van der Waals surface area contributed by atoms with Gasteiger partial charge in [0.15, 0.2) is 0 Å². The molecule has 0 aliphatic heterocycles. The van der Waals surface area contributed by atoms with Gasteiger partial charge >= 0.3 is 0 Å². The Hall–Kier alpha value is -2.83. The van der Waals surface area contributed by atoms with Crippen molar-refractivity contribution in [2.45, 2.75) is 20.3 Å². The number of aromatic nitrogens is 2. The second-order valence-electron chi connectivity index (χ2n) is 5.53. The standard InChI is InChI=1S/C17H22N4O3/c1-3-24-14-6-4-12(5-7-14)9-13(16(18)22)10-19-17(23)15-8-11(2)20-21-15/h4-8,13H,3,9-10H2,1-2H3,(H2,18,22)(H,19,23)(H,20,21)/t13-/m1/s1. The molecule has 1 aromatic heterocycles. The summed E-state index contributed by atoms with van der Waals surface area (Å²) in [5.74, 6) is -0.509. The van der Waals surface area contributed by atoms with E-state index in [1.54, 1.807) is 6.07 Å². The Morgan fingerprint density at radius 1 is 1.33 bits per heavy atom. The van der Waals surface area contributed by atoms with Crippen molar-refractivity contribution in [3.63, 3.8) is 0 Å². The molecule has 0 spiro atoms. The Bertz CT molecular complexity index is 694. The molecule has 2 rings (SSSR count). The molecule has 4 N–H and O–H groups in total. The first-order valence-electron chi connectivity index (χ1n) is 7.81. The van der Waals surface area contributed by atoms with Crippen molar-refractivity contribution < 1.29 is 14.3 Å². The second-order valence-corrected chi connectivity index (χ2v) is 5.53. The molecule has 7 nitrogen and oxygen atoms in total. The van der Waals surface area contributed by atoms with E-state index in [1.807, 2.05) is 38.1 Å². The minimum Gasteiger partial charge on any atom is -0.494 e. The summed E-state index contributed by atoms with van der Waals surface area (Å²) in [5, 5.41) is 9.28. The van der Waals surface area contributed by atoms with Crippen LogP contribution in [-0.4, -0.2) is 35.2 Å². The van der Waals surface area contributed by atoms with Gasteiger partial charge in [-0.25, -0.2) is 0 Å². The van der Waals surface area contributed by atoms with Crippen LogP contribution in [0.1, 0.15) is 28.7 Å². The van der Waals surface area contributed by atoms with Gasteiger partial charge in [-0.3, -0.25) is 14.7 Å². The van der Waals surface area contributed by atoms with Crippen molar-refractivity contribution in [1.82, 2.24) is 15.5 Å². The van der Waals surface area contributed by atoms with Crippen molar-refractivity contribution in [3.05, 3.63) is 47.3 Å². The molecular weight excluding hydrogens is 308 g/mol. The summed E-state index contributed by atoms with van der Waals surface area (Å²) < 4.78 is 5.38. The van der Waals surface area contributed by atoms with Crippen molar-refractivity contribution in [2.24, 2.45) is 11.7 Å². The van der Waals surface area contributed by atoms with Crippen LogP contribution < -0.4 is 15.8 Å². The quantitative estimate of drug-likeness (QED) is 0.675. The number of aromatic amines is 1. The highest BCUT2D eigenvalue weighted by Gasteiger charge is 2.18. The van der Waals surface area contributed by atoms with Crippen LogP contribution in [0.2, 0.25) is 0 Å². The molecular formula is C17H22N4O3. The van der Waals surface area contributed by atoms with Crippen LogP contribution in [0.5, 0.6) is 5.75 Å².